The van der Waals surface area contributed by atoms with Gasteiger partial charge in [-0.15, -0.1) is 0 Å². The normalized spacial score (nSPS) is 22.8. The van der Waals surface area contributed by atoms with Crippen LogP contribution in [0.1, 0.15) is 12.0 Å². The van der Waals surface area contributed by atoms with Crippen LogP contribution in [0.15, 0.2) is 24.3 Å². The Labute approximate surface area is 106 Å². The van der Waals surface area contributed by atoms with Crippen LogP contribution < -0.4 is 10.6 Å². The van der Waals surface area contributed by atoms with Crippen molar-refractivity contribution in [3.63, 3.8) is 0 Å². The fourth-order valence-corrected chi connectivity index (χ4v) is 1.88. The third kappa shape index (κ3) is 3.45. The first-order valence-corrected chi connectivity index (χ1v) is 5.99. The Morgan fingerprint density at radius 3 is 3.06 bits per heavy atom. The highest BCUT2D eigenvalue weighted by Crippen LogP contribution is 2.17. The largest absolute Gasteiger partial charge is 0.386 e. The first-order chi connectivity index (χ1) is 8.57. The molecule has 0 aliphatic carbocycles. The highest BCUT2D eigenvalue weighted by Gasteiger charge is 2.32. The van der Waals surface area contributed by atoms with Gasteiger partial charge in [0.15, 0.2) is 0 Å². The molecule has 2 rings (SSSR count). The van der Waals surface area contributed by atoms with Gasteiger partial charge in [-0.3, -0.25) is 0 Å². The molecule has 18 heavy (non-hydrogen) atoms. The van der Waals surface area contributed by atoms with Gasteiger partial charge < -0.3 is 20.5 Å². The van der Waals surface area contributed by atoms with Crippen molar-refractivity contribution in [1.29, 1.82) is 0 Å². The summed E-state index contributed by atoms with van der Waals surface area (Å²) in [5.74, 6) is 0. The van der Waals surface area contributed by atoms with E-state index in [4.69, 9.17) is 4.74 Å². The minimum Gasteiger partial charge on any atom is -0.386 e. The molecule has 1 aromatic carbocycles. The maximum atomic E-state index is 11.6. The Kier molecular flexibility index (Phi) is 3.84. The van der Waals surface area contributed by atoms with Gasteiger partial charge in [0, 0.05) is 18.7 Å². The summed E-state index contributed by atoms with van der Waals surface area (Å²) in [6, 6.07) is 7.22. The predicted octanol–water partition coefficient (Wildman–Crippen LogP) is 1.27. The van der Waals surface area contributed by atoms with Crippen molar-refractivity contribution in [2.45, 2.75) is 18.9 Å². The maximum absolute atomic E-state index is 11.6. The molecule has 1 saturated heterocycles. The van der Waals surface area contributed by atoms with Crippen molar-refractivity contribution in [3.8, 4) is 0 Å². The zero-order chi connectivity index (χ0) is 13.0. The molecule has 3 N–H and O–H groups in total. The lowest BCUT2D eigenvalue weighted by Crippen LogP contribution is -2.44. The zero-order valence-electron chi connectivity index (χ0n) is 10.4. The fourth-order valence-electron chi connectivity index (χ4n) is 1.88. The first-order valence-electron chi connectivity index (χ1n) is 5.99. The summed E-state index contributed by atoms with van der Waals surface area (Å²) in [4.78, 5) is 11.6. The number of urea groups is 1. The van der Waals surface area contributed by atoms with E-state index in [0.717, 1.165) is 11.3 Å². The van der Waals surface area contributed by atoms with Crippen LogP contribution >= 0.6 is 0 Å². The lowest BCUT2D eigenvalue weighted by atomic mass is 10.0. The smallest absolute Gasteiger partial charge is 0.319 e. The molecule has 0 spiro atoms. The van der Waals surface area contributed by atoms with E-state index in [1.165, 1.54) is 0 Å². The molecule has 2 amide bonds. The van der Waals surface area contributed by atoms with Crippen molar-refractivity contribution in [3.05, 3.63) is 29.8 Å². The van der Waals surface area contributed by atoms with Gasteiger partial charge in [-0.05, 0) is 24.6 Å². The highest BCUT2D eigenvalue weighted by atomic mass is 16.5. The van der Waals surface area contributed by atoms with E-state index < -0.39 is 5.60 Å². The fraction of sp³-hybridized carbons (Fsp3) is 0.462. The summed E-state index contributed by atoms with van der Waals surface area (Å²) in [5.41, 5.74) is 0.891. The van der Waals surface area contributed by atoms with Crippen molar-refractivity contribution in [2.75, 3.05) is 25.1 Å². The van der Waals surface area contributed by atoms with Crippen LogP contribution in [0, 0.1) is 6.92 Å². The third-order valence-electron chi connectivity index (χ3n) is 2.94. The number of ether oxygens (including phenoxy) is 1. The lowest BCUT2D eigenvalue weighted by molar-refractivity contribution is 0.0295. The molecule has 1 aliphatic rings. The summed E-state index contributed by atoms with van der Waals surface area (Å²) in [6.07, 6.45) is 0.553. The average Bonchev–Trinajstić information content (AvgIpc) is 2.74. The van der Waals surface area contributed by atoms with Crippen LogP contribution in [-0.2, 0) is 4.74 Å². The van der Waals surface area contributed by atoms with Gasteiger partial charge in [-0.1, -0.05) is 12.1 Å². The molecule has 1 fully saturated rings. The minimum atomic E-state index is -0.927. The number of amides is 2. The van der Waals surface area contributed by atoms with Crippen molar-refractivity contribution >= 4 is 11.7 Å². The maximum Gasteiger partial charge on any atom is 0.319 e. The molecular formula is C13H18N2O3. The molecule has 5 heteroatoms. The monoisotopic (exact) mass is 250 g/mol. The summed E-state index contributed by atoms with van der Waals surface area (Å²) >= 11 is 0. The van der Waals surface area contributed by atoms with Crippen molar-refractivity contribution in [2.24, 2.45) is 0 Å². The first kappa shape index (κ1) is 12.9. The Morgan fingerprint density at radius 1 is 1.56 bits per heavy atom. The summed E-state index contributed by atoms with van der Waals surface area (Å²) < 4.78 is 5.10. The van der Waals surface area contributed by atoms with E-state index in [9.17, 15) is 9.90 Å². The average molecular weight is 250 g/mol. The third-order valence-corrected chi connectivity index (χ3v) is 2.94. The van der Waals surface area contributed by atoms with Crippen LogP contribution in [0.3, 0.4) is 0 Å². The van der Waals surface area contributed by atoms with Gasteiger partial charge in [0.25, 0.3) is 0 Å². The van der Waals surface area contributed by atoms with Crippen LogP contribution in [0.2, 0.25) is 0 Å². The van der Waals surface area contributed by atoms with Crippen molar-refractivity contribution < 1.29 is 14.6 Å². The zero-order valence-corrected chi connectivity index (χ0v) is 10.4. The van der Waals surface area contributed by atoms with E-state index in [1.807, 2.05) is 31.2 Å². The molecule has 0 bridgehead atoms. The number of aliphatic hydroxyl groups is 1. The van der Waals surface area contributed by atoms with Gasteiger partial charge in [0.2, 0.25) is 0 Å². The van der Waals surface area contributed by atoms with E-state index in [0.29, 0.717) is 13.0 Å². The number of carbonyl (C=O) groups excluding carboxylic acids is 1. The number of aryl methyl sites for hydroxylation is 1. The second-order valence-electron chi connectivity index (χ2n) is 4.70. The molecule has 1 unspecified atom stereocenters. The molecule has 0 radical (unpaired) electrons. The van der Waals surface area contributed by atoms with Gasteiger partial charge in [0.1, 0.15) is 5.60 Å². The Balaban J connectivity index is 1.82. The van der Waals surface area contributed by atoms with Crippen molar-refractivity contribution in [1.82, 2.24) is 5.32 Å². The van der Waals surface area contributed by atoms with Gasteiger partial charge in [-0.25, -0.2) is 4.79 Å². The molecule has 1 aromatic rings. The molecule has 5 nitrogen and oxygen atoms in total. The number of nitrogens with one attached hydrogen (secondary N) is 2. The van der Waals surface area contributed by atoms with E-state index in [-0.39, 0.29) is 19.2 Å². The summed E-state index contributed by atoms with van der Waals surface area (Å²) in [7, 11) is 0. The standard InChI is InChI=1S/C13H18N2O3/c1-10-3-2-4-11(7-10)15-12(16)14-8-13(17)5-6-18-9-13/h2-4,7,17H,5-6,8-9H2,1H3,(H2,14,15,16). The summed E-state index contributed by atoms with van der Waals surface area (Å²) in [5, 5.41) is 15.4. The topological polar surface area (TPSA) is 70.6 Å². The number of rotatable bonds is 3. The Hall–Kier alpha value is -1.59. The Morgan fingerprint density at radius 2 is 2.39 bits per heavy atom. The molecule has 0 aromatic heterocycles. The number of carbonyl (C=O) groups is 1. The van der Waals surface area contributed by atoms with Gasteiger partial charge in [-0.2, -0.15) is 0 Å². The second-order valence-corrected chi connectivity index (χ2v) is 4.70. The number of hydrogen-bond acceptors (Lipinski definition) is 3. The van der Waals surface area contributed by atoms with Gasteiger partial charge >= 0.3 is 6.03 Å². The van der Waals surface area contributed by atoms with E-state index in [1.54, 1.807) is 0 Å². The van der Waals surface area contributed by atoms with Crippen LogP contribution in [0.4, 0.5) is 10.5 Å². The molecular weight excluding hydrogens is 232 g/mol. The molecule has 1 atom stereocenters. The summed E-state index contributed by atoms with van der Waals surface area (Å²) in [6.45, 7) is 2.97. The lowest BCUT2D eigenvalue weighted by Gasteiger charge is -2.20. The second kappa shape index (κ2) is 5.37. The Bertz CT molecular complexity index is 428. The molecule has 1 aliphatic heterocycles. The van der Waals surface area contributed by atoms with Crippen LogP contribution in [-0.4, -0.2) is 36.5 Å². The molecule has 98 valence electrons. The van der Waals surface area contributed by atoms with Gasteiger partial charge in [0.05, 0.1) is 13.2 Å². The SMILES string of the molecule is Cc1cccc(NC(=O)NCC2(O)CCOC2)c1. The molecule has 0 saturated carbocycles. The molecule has 1 heterocycles. The quantitative estimate of drug-likeness (QED) is 0.756. The van der Waals surface area contributed by atoms with E-state index >= 15 is 0 Å². The number of hydrogen-bond donors (Lipinski definition) is 3. The van der Waals surface area contributed by atoms with E-state index in [2.05, 4.69) is 10.6 Å². The minimum absolute atomic E-state index is 0.199. The number of benzene rings is 1. The highest BCUT2D eigenvalue weighted by molar-refractivity contribution is 5.89. The number of anilines is 1. The van der Waals surface area contributed by atoms with Crippen LogP contribution in [0.5, 0.6) is 0 Å². The predicted molar refractivity (Wildman–Crippen MR) is 68.6 cm³/mol. The van der Waals surface area contributed by atoms with Crippen LogP contribution in [0.25, 0.3) is 0 Å².